The maximum atomic E-state index is 11.2. The first kappa shape index (κ1) is 15.8. The van der Waals surface area contributed by atoms with Gasteiger partial charge < -0.3 is 10.5 Å². The standard InChI is InChI=1S/C18H19ClN2O2/c19-15-3-1-2-14(10-15)12-23-16-6-4-13(5-7-16)11-21-9-8-17(21)18(20)22/h1-7,10,17H,8-9,11-12H2,(H2,20,22). The molecule has 5 heteroatoms. The summed E-state index contributed by atoms with van der Waals surface area (Å²) in [6, 6.07) is 15.4. The van der Waals surface area contributed by atoms with Crippen LogP contribution in [0.4, 0.5) is 0 Å². The molecule has 0 aromatic heterocycles. The monoisotopic (exact) mass is 330 g/mol. The summed E-state index contributed by atoms with van der Waals surface area (Å²) in [5, 5.41) is 0.708. The van der Waals surface area contributed by atoms with Crippen LogP contribution < -0.4 is 10.5 Å². The van der Waals surface area contributed by atoms with Gasteiger partial charge in [-0.25, -0.2) is 0 Å². The smallest absolute Gasteiger partial charge is 0.234 e. The Bertz CT molecular complexity index is 688. The highest BCUT2D eigenvalue weighted by Gasteiger charge is 2.32. The van der Waals surface area contributed by atoms with Gasteiger partial charge in [-0.15, -0.1) is 0 Å². The molecular weight excluding hydrogens is 312 g/mol. The highest BCUT2D eigenvalue weighted by atomic mass is 35.5. The van der Waals surface area contributed by atoms with Crippen LogP contribution in [0.25, 0.3) is 0 Å². The average Bonchev–Trinajstić information content (AvgIpc) is 2.50. The minimum absolute atomic E-state index is 0.117. The van der Waals surface area contributed by atoms with E-state index in [9.17, 15) is 4.79 Å². The topological polar surface area (TPSA) is 55.6 Å². The Kier molecular flexibility index (Phi) is 4.84. The van der Waals surface area contributed by atoms with Gasteiger partial charge in [0, 0.05) is 18.1 Å². The molecule has 1 heterocycles. The van der Waals surface area contributed by atoms with Crippen LogP contribution in [-0.4, -0.2) is 23.4 Å². The first-order valence-corrected chi connectivity index (χ1v) is 7.99. The Labute approximate surface area is 140 Å². The van der Waals surface area contributed by atoms with Crippen LogP contribution in [0.3, 0.4) is 0 Å². The summed E-state index contributed by atoms with van der Waals surface area (Å²) < 4.78 is 5.76. The van der Waals surface area contributed by atoms with E-state index < -0.39 is 0 Å². The molecule has 1 saturated heterocycles. The van der Waals surface area contributed by atoms with E-state index >= 15 is 0 Å². The minimum Gasteiger partial charge on any atom is -0.489 e. The normalized spacial score (nSPS) is 17.5. The van der Waals surface area contributed by atoms with Gasteiger partial charge in [-0.1, -0.05) is 35.9 Å². The molecule has 3 rings (SSSR count). The Morgan fingerprint density at radius 2 is 2.00 bits per heavy atom. The Hall–Kier alpha value is -2.04. The van der Waals surface area contributed by atoms with E-state index in [4.69, 9.17) is 22.1 Å². The fourth-order valence-corrected chi connectivity index (χ4v) is 2.88. The van der Waals surface area contributed by atoms with Gasteiger partial charge in [0.05, 0.1) is 6.04 Å². The van der Waals surface area contributed by atoms with Crippen LogP contribution in [0.5, 0.6) is 5.75 Å². The number of ether oxygens (including phenoxy) is 1. The lowest BCUT2D eigenvalue weighted by Gasteiger charge is -2.38. The lowest BCUT2D eigenvalue weighted by Crippen LogP contribution is -2.54. The molecule has 2 aromatic carbocycles. The van der Waals surface area contributed by atoms with Crippen molar-refractivity contribution < 1.29 is 9.53 Å². The quantitative estimate of drug-likeness (QED) is 0.886. The molecule has 1 aliphatic heterocycles. The number of nitrogens with two attached hydrogens (primary N) is 1. The summed E-state index contributed by atoms with van der Waals surface area (Å²) in [5.74, 6) is 0.571. The Morgan fingerprint density at radius 3 is 2.61 bits per heavy atom. The number of hydrogen-bond donors (Lipinski definition) is 1. The third-order valence-corrected chi connectivity index (χ3v) is 4.30. The average molecular weight is 331 g/mol. The van der Waals surface area contributed by atoms with E-state index in [-0.39, 0.29) is 11.9 Å². The number of likely N-dealkylation sites (tertiary alicyclic amines) is 1. The van der Waals surface area contributed by atoms with Crippen LogP contribution in [-0.2, 0) is 17.9 Å². The first-order chi connectivity index (χ1) is 11.1. The highest BCUT2D eigenvalue weighted by Crippen LogP contribution is 2.22. The molecule has 120 valence electrons. The van der Waals surface area contributed by atoms with E-state index in [0.29, 0.717) is 11.6 Å². The molecule has 1 fully saturated rings. The van der Waals surface area contributed by atoms with Gasteiger partial charge >= 0.3 is 0 Å². The largest absolute Gasteiger partial charge is 0.489 e. The number of amides is 1. The summed E-state index contributed by atoms with van der Waals surface area (Å²) in [7, 11) is 0. The molecule has 2 N–H and O–H groups in total. The summed E-state index contributed by atoms with van der Waals surface area (Å²) in [4.78, 5) is 13.3. The predicted octanol–water partition coefficient (Wildman–Crippen LogP) is 2.98. The van der Waals surface area contributed by atoms with E-state index in [1.807, 2.05) is 48.5 Å². The molecule has 0 aliphatic carbocycles. The number of hydrogen-bond acceptors (Lipinski definition) is 3. The molecule has 0 radical (unpaired) electrons. The maximum absolute atomic E-state index is 11.2. The molecule has 1 aliphatic rings. The maximum Gasteiger partial charge on any atom is 0.234 e. The summed E-state index contributed by atoms with van der Waals surface area (Å²) in [6.45, 7) is 2.14. The second-order valence-electron chi connectivity index (χ2n) is 5.74. The Balaban J connectivity index is 1.54. The van der Waals surface area contributed by atoms with E-state index in [1.165, 1.54) is 0 Å². The number of carbonyl (C=O) groups is 1. The van der Waals surface area contributed by atoms with Crippen molar-refractivity contribution in [2.75, 3.05) is 6.54 Å². The fraction of sp³-hybridized carbons (Fsp3) is 0.278. The molecule has 1 atom stereocenters. The van der Waals surface area contributed by atoms with Gasteiger partial charge in [0.2, 0.25) is 5.91 Å². The molecule has 0 saturated carbocycles. The number of primary amides is 1. The molecule has 4 nitrogen and oxygen atoms in total. The second-order valence-corrected chi connectivity index (χ2v) is 6.18. The number of benzene rings is 2. The van der Waals surface area contributed by atoms with Crippen molar-refractivity contribution in [2.45, 2.75) is 25.6 Å². The molecule has 1 unspecified atom stereocenters. The lowest BCUT2D eigenvalue weighted by atomic mass is 10.0. The number of nitrogens with zero attached hydrogens (tertiary/aromatic N) is 1. The van der Waals surface area contributed by atoms with Crippen molar-refractivity contribution in [1.29, 1.82) is 0 Å². The van der Waals surface area contributed by atoms with Crippen molar-refractivity contribution in [3.05, 3.63) is 64.7 Å². The fourth-order valence-electron chi connectivity index (χ4n) is 2.67. The number of rotatable bonds is 6. The third kappa shape index (κ3) is 4.03. The van der Waals surface area contributed by atoms with E-state index in [2.05, 4.69) is 4.90 Å². The van der Waals surface area contributed by atoms with Crippen LogP contribution >= 0.6 is 11.6 Å². The first-order valence-electron chi connectivity index (χ1n) is 7.61. The van der Waals surface area contributed by atoms with Gasteiger partial charge in [-0.2, -0.15) is 0 Å². The van der Waals surface area contributed by atoms with Crippen molar-refractivity contribution in [1.82, 2.24) is 4.90 Å². The predicted molar refractivity (Wildman–Crippen MR) is 90.2 cm³/mol. The minimum atomic E-state index is -0.238. The number of halogens is 1. The van der Waals surface area contributed by atoms with Crippen molar-refractivity contribution in [3.8, 4) is 5.75 Å². The summed E-state index contributed by atoms with van der Waals surface area (Å²) in [5.41, 5.74) is 7.54. The van der Waals surface area contributed by atoms with Gasteiger partial charge in [0.1, 0.15) is 12.4 Å². The zero-order valence-electron chi connectivity index (χ0n) is 12.7. The zero-order chi connectivity index (χ0) is 16.2. The SMILES string of the molecule is NC(=O)C1CCN1Cc1ccc(OCc2cccc(Cl)c2)cc1. The summed E-state index contributed by atoms with van der Waals surface area (Å²) >= 11 is 5.96. The van der Waals surface area contributed by atoms with E-state index in [0.717, 1.165) is 36.4 Å². The molecule has 0 bridgehead atoms. The van der Waals surface area contributed by atoms with Gasteiger partial charge in [-0.3, -0.25) is 9.69 Å². The van der Waals surface area contributed by atoms with Crippen LogP contribution in [0.1, 0.15) is 17.5 Å². The molecule has 23 heavy (non-hydrogen) atoms. The second kappa shape index (κ2) is 7.02. The van der Waals surface area contributed by atoms with E-state index in [1.54, 1.807) is 0 Å². The van der Waals surface area contributed by atoms with Crippen molar-refractivity contribution in [3.63, 3.8) is 0 Å². The molecule has 1 amide bonds. The van der Waals surface area contributed by atoms with Crippen LogP contribution in [0.15, 0.2) is 48.5 Å². The lowest BCUT2D eigenvalue weighted by molar-refractivity contribution is -0.127. The third-order valence-electron chi connectivity index (χ3n) is 4.06. The number of carbonyl (C=O) groups excluding carboxylic acids is 1. The van der Waals surface area contributed by atoms with Gasteiger partial charge in [-0.05, 0) is 41.8 Å². The van der Waals surface area contributed by atoms with Crippen LogP contribution in [0, 0.1) is 0 Å². The van der Waals surface area contributed by atoms with Gasteiger partial charge in [0.15, 0.2) is 0 Å². The van der Waals surface area contributed by atoms with Crippen molar-refractivity contribution in [2.24, 2.45) is 5.73 Å². The summed E-state index contributed by atoms with van der Waals surface area (Å²) in [6.07, 6.45) is 0.857. The Morgan fingerprint density at radius 1 is 1.22 bits per heavy atom. The molecular formula is C18H19ClN2O2. The van der Waals surface area contributed by atoms with Gasteiger partial charge in [0.25, 0.3) is 0 Å². The molecule has 2 aromatic rings. The zero-order valence-corrected chi connectivity index (χ0v) is 13.5. The van der Waals surface area contributed by atoms with Crippen LogP contribution in [0.2, 0.25) is 5.02 Å². The van der Waals surface area contributed by atoms with Crippen molar-refractivity contribution >= 4 is 17.5 Å². The highest BCUT2D eigenvalue weighted by molar-refractivity contribution is 6.30. The molecule has 0 spiro atoms.